The lowest BCUT2D eigenvalue weighted by molar-refractivity contribution is -0.115. The highest BCUT2D eigenvalue weighted by atomic mass is 32.2. The molecule has 2 amide bonds. The second kappa shape index (κ2) is 9.36. The minimum Gasteiger partial charge on any atom is -0.497 e. The van der Waals surface area contributed by atoms with E-state index in [-0.39, 0.29) is 6.42 Å². The van der Waals surface area contributed by atoms with Crippen molar-refractivity contribution in [1.82, 2.24) is 0 Å². The van der Waals surface area contributed by atoms with Crippen molar-refractivity contribution in [3.63, 3.8) is 0 Å². The maximum absolute atomic E-state index is 12.6. The predicted molar refractivity (Wildman–Crippen MR) is 109 cm³/mol. The fraction of sp³-hybridized carbons (Fsp3) is 0.300. The Morgan fingerprint density at radius 3 is 2.29 bits per heavy atom. The van der Waals surface area contributed by atoms with Gasteiger partial charge >= 0.3 is 0 Å². The fourth-order valence-corrected chi connectivity index (χ4v) is 4.23. The lowest BCUT2D eigenvalue weighted by atomic mass is 10.2. The molecule has 1 atom stereocenters. The van der Waals surface area contributed by atoms with Gasteiger partial charge in [-0.2, -0.15) is 0 Å². The number of nitrogens with one attached hydrogen (secondary N) is 2. The van der Waals surface area contributed by atoms with Crippen LogP contribution in [0.15, 0.2) is 48.5 Å². The molecule has 0 spiro atoms. The molecule has 150 valence electrons. The topological polar surface area (TPSA) is 102 Å². The summed E-state index contributed by atoms with van der Waals surface area (Å²) in [7, 11) is -2.46. The third-order valence-electron chi connectivity index (χ3n) is 4.09. The molecule has 0 aliphatic heterocycles. The third kappa shape index (κ3) is 5.82. The van der Waals surface area contributed by atoms with Gasteiger partial charge in [0.25, 0.3) is 0 Å². The van der Waals surface area contributed by atoms with Crippen molar-refractivity contribution in [2.75, 3.05) is 23.5 Å². The maximum Gasteiger partial charge on any atom is 0.242 e. The maximum atomic E-state index is 12.6. The largest absolute Gasteiger partial charge is 0.497 e. The molecule has 0 fully saturated rings. The van der Waals surface area contributed by atoms with Crippen LogP contribution in [0.1, 0.15) is 18.9 Å². The Morgan fingerprint density at radius 1 is 1.04 bits per heavy atom. The van der Waals surface area contributed by atoms with Gasteiger partial charge in [-0.25, -0.2) is 8.42 Å². The van der Waals surface area contributed by atoms with Crippen LogP contribution in [0.25, 0.3) is 0 Å². The molecular weight excluding hydrogens is 380 g/mol. The van der Waals surface area contributed by atoms with Crippen molar-refractivity contribution in [3.8, 4) is 5.75 Å². The Labute approximate surface area is 165 Å². The zero-order chi connectivity index (χ0) is 20.7. The standard InChI is InChI=1S/C20H24N2O5S/c1-4-18(20(24)22-16-7-5-6-14(2)12-16)28(25,26)13-19(23)21-15-8-10-17(27-3)11-9-15/h5-12,18H,4,13H2,1-3H3,(H,21,23)(H,22,24). The van der Waals surface area contributed by atoms with Crippen molar-refractivity contribution < 1.29 is 22.7 Å². The summed E-state index contributed by atoms with van der Waals surface area (Å²) in [5.41, 5.74) is 1.90. The molecule has 0 radical (unpaired) electrons. The van der Waals surface area contributed by atoms with Gasteiger partial charge in [-0.3, -0.25) is 9.59 Å². The van der Waals surface area contributed by atoms with Crippen LogP contribution >= 0.6 is 0 Å². The smallest absolute Gasteiger partial charge is 0.242 e. The van der Waals surface area contributed by atoms with Gasteiger partial charge in [0.05, 0.1) is 7.11 Å². The van der Waals surface area contributed by atoms with Crippen LogP contribution in [0.2, 0.25) is 0 Å². The van der Waals surface area contributed by atoms with E-state index in [1.165, 1.54) is 7.11 Å². The molecule has 2 rings (SSSR count). The van der Waals surface area contributed by atoms with Crippen LogP contribution in [0.4, 0.5) is 11.4 Å². The molecule has 0 bridgehead atoms. The van der Waals surface area contributed by atoms with E-state index < -0.39 is 32.7 Å². The minimum absolute atomic E-state index is 0.0653. The Bertz CT molecular complexity index is 939. The van der Waals surface area contributed by atoms with Gasteiger partial charge in [-0.1, -0.05) is 19.1 Å². The van der Waals surface area contributed by atoms with Crippen LogP contribution in [-0.4, -0.2) is 38.3 Å². The number of carbonyl (C=O) groups is 2. The summed E-state index contributed by atoms with van der Waals surface area (Å²) >= 11 is 0. The normalized spacial score (nSPS) is 12.1. The van der Waals surface area contributed by atoms with Crippen LogP contribution < -0.4 is 15.4 Å². The first-order valence-corrected chi connectivity index (χ1v) is 10.5. The fourth-order valence-electron chi connectivity index (χ4n) is 2.70. The zero-order valence-corrected chi connectivity index (χ0v) is 16.9. The van der Waals surface area contributed by atoms with Crippen molar-refractivity contribution in [2.45, 2.75) is 25.5 Å². The molecular formula is C20H24N2O5S. The number of anilines is 2. The van der Waals surface area contributed by atoms with E-state index in [0.29, 0.717) is 17.1 Å². The average Bonchev–Trinajstić information content (AvgIpc) is 2.62. The lowest BCUT2D eigenvalue weighted by Gasteiger charge is -2.16. The third-order valence-corrected chi connectivity index (χ3v) is 6.17. The Morgan fingerprint density at radius 2 is 1.71 bits per heavy atom. The number of methoxy groups -OCH3 is 1. The summed E-state index contributed by atoms with van der Waals surface area (Å²) in [6.45, 7) is 3.46. The average molecular weight is 404 g/mol. The molecule has 0 aliphatic rings. The highest BCUT2D eigenvalue weighted by molar-refractivity contribution is 7.93. The van der Waals surface area contributed by atoms with Gasteiger partial charge in [0.2, 0.25) is 11.8 Å². The molecule has 0 saturated heterocycles. The van der Waals surface area contributed by atoms with E-state index in [9.17, 15) is 18.0 Å². The van der Waals surface area contributed by atoms with Gasteiger partial charge < -0.3 is 15.4 Å². The number of carbonyl (C=O) groups excluding carboxylic acids is 2. The molecule has 2 aromatic carbocycles. The van der Waals surface area contributed by atoms with E-state index in [2.05, 4.69) is 10.6 Å². The summed E-state index contributed by atoms with van der Waals surface area (Å²) in [5.74, 6) is -1.51. The molecule has 8 heteroatoms. The van der Waals surface area contributed by atoms with Crippen LogP contribution in [0, 0.1) is 6.92 Å². The first kappa shape index (κ1) is 21.4. The molecule has 2 aromatic rings. The van der Waals surface area contributed by atoms with Gasteiger partial charge in [0, 0.05) is 11.4 Å². The van der Waals surface area contributed by atoms with E-state index in [1.54, 1.807) is 49.4 Å². The highest BCUT2D eigenvalue weighted by Gasteiger charge is 2.33. The minimum atomic E-state index is -3.98. The van der Waals surface area contributed by atoms with Crippen molar-refractivity contribution in [3.05, 3.63) is 54.1 Å². The summed E-state index contributed by atoms with van der Waals surface area (Å²) in [6, 6.07) is 13.6. The summed E-state index contributed by atoms with van der Waals surface area (Å²) in [5, 5.41) is 3.82. The summed E-state index contributed by atoms with van der Waals surface area (Å²) in [4.78, 5) is 24.7. The van der Waals surface area contributed by atoms with Crippen molar-refractivity contribution in [2.24, 2.45) is 0 Å². The molecule has 0 aromatic heterocycles. The molecule has 2 N–H and O–H groups in total. The number of hydrogen-bond acceptors (Lipinski definition) is 5. The van der Waals surface area contributed by atoms with E-state index in [4.69, 9.17) is 4.74 Å². The number of hydrogen-bond donors (Lipinski definition) is 2. The first-order chi connectivity index (χ1) is 13.2. The van der Waals surface area contributed by atoms with Gasteiger partial charge in [0.15, 0.2) is 9.84 Å². The molecule has 0 aliphatic carbocycles. The molecule has 28 heavy (non-hydrogen) atoms. The van der Waals surface area contributed by atoms with Crippen molar-refractivity contribution in [1.29, 1.82) is 0 Å². The van der Waals surface area contributed by atoms with Crippen LogP contribution in [0.5, 0.6) is 5.75 Å². The molecule has 0 heterocycles. The van der Waals surface area contributed by atoms with Gasteiger partial charge in [-0.05, 0) is 55.3 Å². The van der Waals surface area contributed by atoms with Gasteiger partial charge in [0.1, 0.15) is 16.8 Å². The quantitative estimate of drug-likeness (QED) is 0.704. The summed E-state index contributed by atoms with van der Waals surface area (Å²) in [6.07, 6.45) is 0.0653. The Hall–Kier alpha value is -2.87. The van der Waals surface area contributed by atoms with E-state index in [0.717, 1.165) is 5.56 Å². The first-order valence-electron chi connectivity index (χ1n) is 8.78. The Kier molecular flexibility index (Phi) is 7.17. The number of rotatable bonds is 8. The van der Waals surface area contributed by atoms with Gasteiger partial charge in [-0.15, -0.1) is 0 Å². The second-order valence-corrected chi connectivity index (χ2v) is 8.52. The highest BCUT2D eigenvalue weighted by Crippen LogP contribution is 2.17. The van der Waals surface area contributed by atoms with Crippen LogP contribution in [0.3, 0.4) is 0 Å². The number of amides is 2. The number of benzene rings is 2. The summed E-state index contributed by atoms with van der Waals surface area (Å²) < 4.78 is 30.3. The Balaban J connectivity index is 2.04. The SMILES string of the molecule is CCC(C(=O)Nc1cccc(C)c1)S(=O)(=O)CC(=O)Nc1ccc(OC)cc1. The molecule has 7 nitrogen and oxygen atoms in total. The predicted octanol–water partition coefficient (Wildman–Crippen LogP) is 2.77. The number of sulfone groups is 1. The molecule has 1 unspecified atom stereocenters. The van der Waals surface area contributed by atoms with Crippen molar-refractivity contribution >= 4 is 33.0 Å². The van der Waals surface area contributed by atoms with E-state index in [1.807, 2.05) is 13.0 Å². The molecule has 0 saturated carbocycles. The van der Waals surface area contributed by atoms with Crippen LogP contribution in [-0.2, 0) is 19.4 Å². The lowest BCUT2D eigenvalue weighted by Crippen LogP contribution is -2.39. The zero-order valence-electron chi connectivity index (χ0n) is 16.1. The monoisotopic (exact) mass is 404 g/mol. The number of ether oxygens (including phenoxy) is 1. The van der Waals surface area contributed by atoms with E-state index >= 15 is 0 Å². The number of aryl methyl sites for hydroxylation is 1. The second-order valence-electron chi connectivity index (χ2n) is 6.34.